The molecular formula is C22H24N6O2S. The van der Waals surface area contributed by atoms with E-state index in [4.69, 9.17) is 5.10 Å². The van der Waals surface area contributed by atoms with Crippen LogP contribution in [0.15, 0.2) is 47.4 Å². The van der Waals surface area contributed by atoms with Crippen LogP contribution in [0.1, 0.15) is 11.4 Å². The fourth-order valence-electron chi connectivity index (χ4n) is 4.09. The third-order valence-corrected chi connectivity index (χ3v) is 8.00. The van der Waals surface area contributed by atoms with Gasteiger partial charge >= 0.3 is 0 Å². The molecule has 160 valence electrons. The normalized spacial score (nSPS) is 16.4. The van der Waals surface area contributed by atoms with E-state index < -0.39 is 10.0 Å². The lowest BCUT2D eigenvalue weighted by molar-refractivity contribution is 0.222. The summed E-state index contributed by atoms with van der Waals surface area (Å²) in [7, 11) is -1.58. The van der Waals surface area contributed by atoms with E-state index in [1.807, 2.05) is 57.3 Å². The van der Waals surface area contributed by atoms with E-state index >= 15 is 0 Å². The summed E-state index contributed by atoms with van der Waals surface area (Å²) in [5.41, 5.74) is 2.88. The highest BCUT2D eigenvalue weighted by atomic mass is 32.2. The number of sulfonamides is 1. The number of aromatic nitrogens is 4. The van der Waals surface area contributed by atoms with Crippen molar-refractivity contribution in [1.29, 1.82) is 0 Å². The number of likely N-dealkylation sites (N-methyl/N-ethyl adjacent to an activating group) is 1. The van der Waals surface area contributed by atoms with Crippen LogP contribution in [0.2, 0.25) is 0 Å². The topological polar surface area (TPSA) is 83.7 Å². The second-order valence-corrected chi connectivity index (χ2v) is 9.97. The van der Waals surface area contributed by atoms with Crippen LogP contribution in [0.5, 0.6) is 0 Å². The smallest absolute Gasteiger partial charge is 0.243 e. The number of fused-ring (bicyclic) bond motifs is 3. The van der Waals surface area contributed by atoms with Crippen LogP contribution in [0.25, 0.3) is 27.7 Å². The molecule has 0 atom stereocenters. The number of hydrogen-bond acceptors (Lipinski definition) is 6. The van der Waals surface area contributed by atoms with Crippen LogP contribution < -0.4 is 0 Å². The maximum atomic E-state index is 13.4. The summed E-state index contributed by atoms with van der Waals surface area (Å²) >= 11 is 0. The summed E-state index contributed by atoms with van der Waals surface area (Å²) in [5, 5.41) is 15.1. The molecule has 5 rings (SSSR count). The minimum Gasteiger partial charge on any atom is -0.304 e. The van der Waals surface area contributed by atoms with Crippen molar-refractivity contribution < 1.29 is 8.42 Å². The second kappa shape index (κ2) is 7.37. The van der Waals surface area contributed by atoms with Crippen LogP contribution in [0.3, 0.4) is 0 Å². The molecule has 1 aliphatic rings. The second-order valence-electron chi connectivity index (χ2n) is 8.06. The Balaban J connectivity index is 1.69. The fourth-order valence-corrected chi connectivity index (χ4v) is 5.76. The summed E-state index contributed by atoms with van der Waals surface area (Å²) < 4.78 is 30.2. The van der Waals surface area contributed by atoms with Gasteiger partial charge in [-0.05, 0) is 32.5 Å². The van der Waals surface area contributed by atoms with Gasteiger partial charge in [0.2, 0.25) is 10.0 Å². The largest absolute Gasteiger partial charge is 0.304 e. The molecule has 4 aromatic rings. The van der Waals surface area contributed by atoms with Crippen molar-refractivity contribution in [3.05, 3.63) is 53.9 Å². The Labute approximate surface area is 181 Å². The van der Waals surface area contributed by atoms with Gasteiger partial charge in [0.1, 0.15) is 0 Å². The molecule has 1 saturated heterocycles. The first kappa shape index (κ1) is 20.0. The molecule has 2 aromatic carbocycles. The molecule has 8 nitrogen and oxygen atoms in total. The number of rotatable bonds is 3. The molecule has 0 saturated carbocycles. The Morgan fingerprint density at radius 2 is 1.61 bits per heavy atom. The molecule has 0 radical (unpaired) electrons. The van der Waals surface area contributed by atoms with Crippen molar-refractivity contribution in [3.63, 3.8) is 0 Å². The lowest BCUT2D eigenvalue weighted by atomic mass is 10.0. The molecular weight excluding hydrogens is 412 g/mol. The molecule has 3 heterocycles. The van der Waals surface area contributed by atoms with Gasteiger partial charge in [0.25, 0.3) is 0 Å². The fraction of sp³-hybridized carbons (Fsp3) is 0.318. The van der Waals surface area contributed by atoms with Gasteiger partial charge in [-0.3, -0.25) is 0 Å². The monoisotopic (exact) mass is 436 g/mol. The Hall–Kier alpha value is -2.88. The zero-order valence-corrected chi connectivity index (χ0v) is 18.6. The number of hydrogen-bond donors (Lipinski definition) is 0. The maximum Gasteiger partial charge on any atom is 0.243 e. The molecule has 0 unspecified atom stereocenters. The van der Waals surface area contributed by atoms with Crippen LogP contribution in [-0.4, -0.2) is 70.7 Å². The number of nitrogens with zero attached hydrogens (tertiary/aromatic N) is 6. The Bertz CT molecular complexity index is 1400. The average molecular weight is 437 g/mol. The standard InChI is InChI=1S/C22H24N6O2S/c1-15-8-9-17(14-20(15)31(29,30)27-12-10-26(3)11-13-27)21-18-6-4-5-7-19(18)22-24-23-16(2)28(22)25-21/h4-9,14H,10-13H2,1-3H3. The summed E-state index contributed by atoms with van der Waals surface area (Å²) in [6, 6.07) is 13.4. The first-order chi connectivity index (χ1) is 14.9. The summed E-state index contributed by atoms with van der Waals surface area (Å²) in [4.78, 5) is 2.48. The Morgan fingerprint density at radius 1 is 0.903 bits per heavy atom. The van der Waals surface area contributed by atoms with E-state index in [0.717, 1.165) is 35.0 Å². The molecule has 0 aliphatic carbocycles. The van der Waals surface area contributed by atoms with Gasteiger partial charge in [-0.15, -0.1) is 10.2 Å². The van der Waals surface area contributed by atoms with E-state index in [1.54, 1.807) is 14.9 Å². The lowest BCUT2D eigenvalue weighted by Crippen LogP contribution is -2.47. The van der Waals surface area contributed by atoms with Crippen LogP contribution >= 0.6 is 0 Å². The number of piperazine rings is 1. The minimum atomic E-state index is -3.59. The quantitative estimate of drug-likeness (QED) is 0.491. The highest BCUT2D eigenvalue weighted by Gasteiger charge is 2.29. The van der Waals surface area contributed by atoms with Crippen molar-refractivity contribution in [2.75, 3.05) is 33.2 Å². The first-order valence-corrected chi connectivity index (χ1v) is 11.7. The van der Waals surface area contributed by atoms with E-state index in [0.29, 0.717) is 35.2 Å². The molecule has 31 heavy (non-hydrogen) atoms. The Morgan fingerprint density at radius 3 is 2.35 bits per heavy atom. The molecule has 0 bridgehead atoms. The number of aryl methyl sites for hydroxylation is 2. The molecule has 1 fully saturated rings. The molecule has 0 spiro atoms. The van der Waals surface area contributed by atoms with Crippen LogP contribution in [0.4, 0.5) is 0 Å². The first-order valence-electron chi connectivity index (χ1n) is 10.3. The lowest BCUT2D eigenvalue weighted by Gasteiger charge is -2.32. The zero-order valence-electron chi connectivity index (χ0n) is 17.8. The molecule has 0 amide bonds. The predicted octanol–water partition coefficient (Wildman–Crippen LogP) is 2.50. The molecule has 0 N–H and O–H groups in total. The molecule has 2 aromatic heterocycles. The predicted molar refractivity (Wildman–Crippen MR) is 119 cm³/mol. The summed E-state index contributed by atoms with van der Waals surface area (Å²) in [6.07, 6.45) is 0. The van der Waals surface area contributed by atoms with Crippen LogP contribution in [-0.2, 0) is 10.0 Å². The SMILES string of the molecule is Cc1ccc(-c2nn3c(C)nnc3c3ccccc23)cc1S(=O)(=O)N1CCN(C)CC1. The highest BCUT2D eigenvalue weighted by molar-refractivity contribution is 7.89. The van der Waals surface area contributed by atoms with Gasteiger partial charge in [0.15, 0.2) is 11.5 Å². The van der Waals surface area contributed by atoms with Gasteiger partial charge in [-0.25, -0.2) is 8.42 Å². The van der Waals surface area contributed by atoms with Gasteiger partial charge < -0.3 is 4.90 Å². The van der Waals surface area contributed by atoms with Crippen LogP contribution in [0, 0.1) is 13.8 Å². The third kappa shape index (κ3) is 3.29. The molecule has 9 heteroatoms. The maximum absolute atomic E-state index is 13.4. The van der Waals surface area contributed by atoms with Crippen molar-refractivity contribution >= 4 is 26.4 Å². The van der Waals surface area contributed by atoms with Gasteiger partial charge in [0.05, 0.1) is 10.6 Å². The summed E-state index contributed by atoms with van der Waals surface area (Å²) in [5.74, 6) is 0.680. The zero-order chi connectivity index (χ0) is 21.8. The Kier molecular flexibility index (Phi) is 4.76. The van der Waals surface area contributed by atoms with Crippen molar-refractivity contribution in [2.24, 2.45) is 0 Å². The van der Waals surface area contributed by atoms with E-state index in [-0.39, 0.29) is 0 Å². The van der Waals surface area contributed by atoms with E-state index in [9.17, 15) is 8.42 Å². The van der Waals surface area contributed by atoms with E-state index in [1.165, 1.54) is 0 Å². The van der Waals surface area contributed by atoms with Crippen molar-refractivity contribution in [1.82, 2.24) is 29.0 Å². The van der Waals surface area contributed by atoms with Gasteiger partial charge in [0, 0.05) is 42.5 Å². The van der Waals surface area contributed by atoms with Crippen molar-refractivity contribution in [2.45, 2.75) is 18.7 Å². The van der Waals surface area contributed by atoms with Gasteiger partial charge in [-0.1, -0.05) is 36.4 Å². The number of benzene rings is 2. The van der Waals surface area contributed by atoms with Crippen molar-refractivity contribution in [3.8, 4) is 11.3 Å². The molecule has 1 aliphatic heterocycles. The average Bonchev–Trinajstić information content (AvgIpc) is 3.15. The third-order valence-electron chi connectivity index (χ3n) is 5.96. The van der Waals surface area contributed by atoms with E-state index in [2.05, 4.69) is 15.1 Å². The summed E-state index contributed by atoms with van der Waals surface area (Å²) in [6.45, 7) is 6.14. The highest BCUT2D eigenvalue weighted by Crippen LogP contribution is 2.32. The van der Waals surface area contributed by atoms with Gasteiger partial charge in [-0.2, -0.15) is 13.9 Å². The minimum absolute atomic E-state index is 0.334.